The van der Waals surface area contributed by atoms with Crippen LogP contribution < -0.4 is 4.90 Å². The van der Waals surface area contributed by atoms with Crippen LogP contribution in [0, 0.1) is 5.82 Å². The highest BCUT2D eigenvalue weighted by molar-refractivity contribution is 5.95. The molecule has 0 aliphatic carbocycles. The van der Waals surface area contributed by atoms with Gasteiger partial charge >= 0.3 is 5.97 Å². The lowest BCUT2D eigenvalue weighted by Crippen LogP contribution is -2.21. The van der Waals surface area contributed by atoms with E-state index >= 15 is 0 Å². The summed E-state index contributed by atoms with van der Waals surface area (Å²) in [5, 5.41) is 4.07. The van der Waals surface area contributed by atoms with Crippen LogP contribution in [0.1, 0.15) is 23.7 Å². The summed E-state index contributed by atoms with van der Waals surface area (Å²) >= 11 is 0. The molecule has 1 aromatic carbocycles. The van der Waals surface area contributed by atoms with Gasteiger partial charge in [-0.05, 0) is 31.5 Å². The quantitative estimate of drug-likeness (QED) is 0.659. The zero-order chi connectivity index (χ0) is 19.2. The molecule has 0 saturated carbocycles. The molecule has 142 valence electrons. The predicted octanol–water partition coefficient (Wildman–Crippen LogP) is 3.28. The molecule has 2 aromatic heterocycles. The van der Waals surface area contributed by atoms with E-state index in [1.165, 1.54) is 22.8 Å². The van der Waals surface area contributed by atoms with Crippen LogP contribution in [-0.2, 0) is 4.74 Å². The van der Waals surface area contributed by atoms with Gasteiger partial charge in [-0.25, -0.2) is 23.1 Å². The molecule has 6 nitrogen and oxygen atoms in total. The van der Waals surface area contributed by atoms with Gasteiger partial charge in [0.2, 0.25) is 0 Å². The van der Waals surface area contributed by atoms with Crippen molar-refractivity contribution in [3.8, 4) is 0 Å². The zero-order valence-corrected chi connectivity index (χ0v) is 14.9. The summed E-state index contributed by atoms with van der Waals surface area (Å²) in [5.74, 6) is 0.0307. The summed E-state index contributed by atoms with van der Waals surface area (Å²) in [6.07, 6.45) is 2.84. The number of halogens is 2. The fourth-order valence-corrected chi connectivity index (χ4v) is 2.73. The van der Waals surface area contributed by atoms with Crippen LogP contribution in [0.3, 0.4) is 0 Å². The predicted molar refractivity (Wildman–Crippen MR) is 97.1 cm³/mol. The first-order valence-electron chi connectivity index (χ1n) is 8.69. The first kappa shape index (κ1) is 18.8. The number of hydrogen-bond donors (Lipinski definition) is 0. The van der Waals surface area contributed by atoms with Crippen molar-refractivity contribution in [3.05, 3.63) is 60.2 Å². The van der Waals surface area contributed by atoms with Crippen molar-refractivity contribution in [2.75, 3.05) is 24.6 Å². The van der Waals surface area contributed by atoms with Crippen LogP contribution in [0.5, 0.6) is 0 Å². The second-order valence-electron chi connectivity index (χ2n) is 5.96. The van der Waals surface area contributed by atoms with Gasteiger partial charge < -0.3 is 9.64 Å². The molecule has 0 radical (unpaired) electrons. The Balaban J connectivity index is 0.000000253. The number of alkyl halides is 1. The molecule has 3 aromatic rings. The number of carbonyl (C=O) groups is 1. The standard InChI is InChI=1S/C13H15FN4O2.C6H5F/c1-2-20-13(19)10-7-15-18-6-4-11(16-12(10)18)17-5-3-9(14)8-17;7-6-4-2-1-3-5-6/h4,6-7,9H,2-3,5,8H2,1H3;1-5H. The van der Waals surface area contributed by atoms with Crippen LogP contribution in [-0.4, -0.2) is 46.4 Å². The summed E-state index contributed by atoms with van der Waals surface area (Å²) in [4.78, 5) is 18.1. The number of aromatic nitrogens is 3. The average molecular weight is 374 g/mol. The largest absolute Gasteiger partial charge is 0.462 e. The smallest absolute Gasteiger partial charge is 0.343 e. The summed E-state index contributed by atoms with van der Waals surface area (Å²) in [5.41, 5.74) is 0.757. The van der Waals surface area contributed by atoms with Crippen LogP contribution >= 0.6 is 0 Å². The van der Waals surface area contributed by atoms with E-state index in [0.29, 0.717) is 43.1 Å². The maximum absolute atomic E-state index is 13.3. The molecule has 27 heavy (non-hydrogen) atoms. The third-order valence-corrected chi connectivity index (χ3v) is 4.04. The molecule has 0 spiro atoms. The molecular formula is C19H20F2N4O2. The van der Waals surface area contributed by atoms with Gasteiger partial charge in [-0.3, -0.25) is 0 Å². The Kier molecular flexibility index (Phi) is 5.95. The average Bonchev–Trinajstić information content (AvgIpc) is 3.29. The molecular weight excluding hydrogens is 354 g/mol. The highest BCUT2D eigenvalue weighted by Crippen LogP contribution is 2.21. The van der Waals surface area contributed by atoms with E-state index in [2.05, 4.69) is 10.1 Å². The van der Waals surface area contributed by atoms with Crippen molar-refractivity contribution in [2.24, 2.45) is 0 Å². The SMILES string of the molecule is CCOC(=O)c1cnn2ccc(N3CCC(F)C3)nc12.Fc1ccccc1. The maximum Gasteiger partial charge on any atom is 0.343 e. The molecule has 0 amide bonds. The lowest BCUT2D eigenvalue weighted by Gasteiger charge is -2.16. The van der Waals surface area contributed by atoms with Crippen LogP contribution in [0.4, 0.5) is 14.6 Å². The molecule has 4 rings (SSSR count). The van der Waals surface area contributed by atoms with E-state index in [1.807, 2.05) is 4.90 Å². The fourth-order valence-electron chi connectivity index (χ4n) is 2.73. The lowest BCUT2D eigenvalue weighted by atomic mass is 10.3. The van der Waals surface area contributed by atoms with Crippen molar-refractivity contribution >= 4 is 17.4 Å². The highest BCUT2D eigenvalue weighted by atomic mass is 19.1. The summed E-state index contributed by atoms with van der Waals surface area (Å²) in [7, 11) is 0. The maximum atomic E-state index is 13.3. The Morgan fingerprint density at radius 2 is 2.07 bits per heavy atom. The number of esters is 1. The Hall–Kier alpha value is -3.03. The summed E-state index contributed by atoms with van der Waals surface area (Å²) in [6, 6.07) is 9.71. The number of anilines is 1. The van der Waals surface area contributed by atoms with Gasteiger partial charge in [-0.1, -0.05) is 18.2 Å². The molecule has 1 aliphatic heterocycles. The minimum absolute atomic E-state index is 0.178. The van der Waals surface area contributed by atoms with Crippen LogP contribution in [0.15, 0.2) is 48.8 Å². The monoisotopic (exact) mass is 374 g/mol. The number of benzene rings is 1. The topological polar surface area (TPSA) is 59.7 Å². The first-order valence-corrected chi connectivity index (χ1v) is 8.69. The van der Waals surface area contributed by atoms with Gasteiger partial charge in [0, 0.05) is 12.7 Å². The molecule has 8 heteroatoms. The molecule has 3 heterocycles. The Labute approximate surface area is 155 Å². The first-order chi connectivity index (χ1) is 13.1. The number of hydrogen-bond acceptors (Lipinski definition) is 5. The number of rotatable bonds is 3. The van der Waals surface area contributed by atoms with Crippen molar-refractivity contribution in [1.82, 2.24) is 14.6 Å². The van der Waals surface area contributed by atoms with Gasteiger partial charge in [-0.15, -0.1) is 0 Å². The Morgan fingerprint density at radius 3 is 2.67 bits per heavy atom. The second-order valence-corrected chi connectivity index (χ2v) is 5.96. The minimum atomic E-state index is -0.817. The third kappa shape index (κ3) is 4.58. The van der Waals surface area contributed by atoms with Crippen LogP contribution in [0.2, 0.25) is 0 Å². The van der Waals surface area contributed by atoms with Crippen molar-refractivity contribution in [3.63, 3.8) is 0 Å². The van der Waals surface area contributed by atoms with E-state index in [-0.39, 0.29) is 5.82 Å². The van der Waals surface area contributed by atoms with Gasteiger partial charge in [0.1, 0.15) is 23.4 Å². The Morgan fingerprint density at radius 1 is 1.30 bits per heavy atom. The van der Waals surface area contributed by atoms with Gasteiger partial charge in [0.25, 0.3) is 0 Å². The number of nitrogens with zero attached hydrogens (tertiary/aromatic N) is 4. The molecule has 1 unspecified atom stereocenters. The molecule has 0 N–H and O–H groups in total. The van der Waals surface area contributed by atoms with Gasteiger partial charge in [0.15, 0.2) is 5.65 Å². The van der Waals surface area contributed by atoms with E-state index in [1.54, 1.807) is 37.4 Å². The summed E-state index contributed by atoms with van der Waals surface area (Å²) in [6.45, 7) is 3.01. The van der Waals surface area contributed by atoms with E-state index in [0.717, 1.165) is 0 Å². The number of fused-ring (bicyclic) bond motifs is 1. The van der Waals surface area contributed by atoms with Gasteiger partial charge in [0.05, 0.1) is 19.3 Å². The van der Waals surface area contributed by atoms with Crippen molar-refractivity contribution < 1.29 is 18.3 Å². The van der Waals surface area contributed by atoms with E-state index in [9.17, 15) is 13.6 Å². The molecule has 1 fully saturated rings. The van der Waals surface area contributed by atoms with Crippen LogP contribution in [0.25, 0.3) is 5.65 Å². The number of ether oxygens (including phenoxy) is 1. The Bertz CT molecular complexity index is 901. The van der Waals surface area contributed by atoms with E-state index in [4.69, 9.17) is 4.74 Å². The minimum Gasteiger partial charge on any atom is -0.462 e. The molecule has 1 aliphatic rings. The third-order valence-electron chi connectivity index (χ3n) is 4.04. The normalized spacial score (nSPS) is 16.1. The second kappa shape index (κ2) is 8.57. The zero-order valence-electron chi connectivity index (χ0n) is 14.9. The van der Waals surface area contributed by atoms with Gasteiger partial charge in [-0.2, -0.15) is 5.10 Å². The number of carbonyl (C=O) groups excluding carboxylic acids is 1. The van der Waals surface area contributed by atoms with Crippen molar-refractivity contribution in [2.45, 2.75) is 19.5 Å². The molecule has 1 saturated heterocycles. The lowest BCUT2D eigenvalue weighted by molar-refractivity contribution is 0.0528. The molecule has 0 bridgehead atoms. The van der Waals surface area contributed by atoms with Crippen molar-refractivity contribution in [1.29, 1.82) is 0 Å². The fraction of sp³-hybridized carbons (Fsp3) is 0.316. The highest BCUT2D eigenvalue weighted by Gasteiger charge is 2.24. The van der Waals surface area contributed by atoms with E-state index < -0.39 is 12.1 Å². The molecule has 1 atom stereocenters. The summed E-state index contributed by atoms with van der Waals surface area (Å²) < 4.78 is 31.7.